The van der Waals surface area contributed by atoms with Gasteiger partial charge in [-0.1, -0.05) is 50.2 Å². The van der Waals surface area contributed by atoms with Crippen LogP contribution in [0.5, 0.6) is 0 Å². The molecule has 0 aliphatic carbocycles. The molecule has 1 heterocycles. The van der Waals surface area contributed by atoms with Crippen LogP contribution < -0.4 is 0 Å². The molecule has 0 unspecified atom stereocenters. The van der Waals surface area contributed by atoms with Gasteiger partial charge in [0.15, 0.2) is 12.4 Å². The molecule has 0 bridgehead atoms. The van der Waals surface area contributed by atoms with Crippen LogP contribution in [0.2, 0.25) is 0 Å². The second-order valence-electron chi connectivity index (χ2n) is 7.78. The van der Waals surface area contributed by atoms with Crippen molar-refractivity contribution in [2.75, 3.05) is 6.61 Å². The molecule has 6 nitrogen and oxygen atoms in total. The zero-order valence-electron chi connectivity index (χ0n) is 17.5. The number of rotatable bonds is 7. The first-order valence-corrected chi connectivity index (χ1v) is 10.2. The highest BCUT2D eigenvalue weighted by atomic mass is 16.7. The van der Waals surface area contributed by atoms with E-state index in [1.54, 1.807) is 55.5 Å². The minimum atomic E-state index is -0.746. The van der Waals surface area contributed by atoms with Crippen molar-refractivity contribution in [3.63, 3.8) is 0 Å². The van der Waals surface area contributed by atoms with Gasteiger partial charge >= 0.3 is 11.9 Å². The van der Waals surface area contributed by atoms with E-state index >= 15 is 0 Å². The summed E-state index contributed by atoms with van der Waals surface area (Å²) in [6.45, 7) is 6.40. The maximum Gasteiger partial charge on any atom is 0.338 e. The van der Waals surface area contributed by atoms with Gasteiger partial charge in [0.2, 0.25) is 0 Å². The predicted molar refractivity (Wildman–Crippen MR) is 111 cm³/mol. The normalized spacial score (nSPS) is 23.7. The molecular weight excluding hydrogens is 384 g/mol. The van der Waals surface area contributed by atoms with Gasteiger partial charge in [-0.25, -0.2) is 9.59 Å². The molecule has 3 rings (SSSR count). The van der Waals surface area contributed by atoms with Gasteiger partial charge in [0.25, 0.3) is 0 Å². The van der Waals surface area contributed by atoms with E-state index in [4.69, 9.17) is 18.9 Å². The Balaban J connectivity index is 1.75. The first-order chi connectivity index (χ1) is 14.4. The number of esters is 2. The van der Waals surface area contributed by atoms with Crippen LogP contribution in [-0.2, 0) is 18.9 Å². The molecule has 2 aromatic rings. The summed E-state index contributed by atoms with van der Waals surface area (Å²) in [5, 5.41) is 0. The van der Waals surface area contributed by atoms with Crippen LogP contribution in [0.25, 0.3) is 0 Å². The van der Waals surface area contributed by atoms with Crippen molar-refractivity contribution in [1.82, 2.24) is 0 Å². The monoisotopic (exact) mass is 412 g/mol. The average Bonchev–Trinajstić information content (AvgIpc) is 2.75. The molecule has 0 N–H and O–H groups in total. The summed E-state index contributed by atoms with van der Waals surface area (Å²) in [5.74, 6) is -0.626. The molecule has 30 heavy (non-hydrogen) atoms. The molecule has 0 aromatic heterocycles. The van der Waals surface area contributed by atoms with Crippen LogP contribution in [0, 0.1) is 5.92 Å². The fourth-order valence-corrected chi connectivity index (χ4v) is 3.24. The minimum absolute atomic E-state index is 0.280. The second kappa shape index (κ2) is 10.4. The predicted octanol–water partition coefficient (Wildman–Crippen LogP) is 4.25. The lowest BCUT2D eigenvalue weighted by molar-refractivity contribution is -0.247. The molecule has 0 amide bonds. The third kappa shape index (κ3) is 5.90. The van der Waals surface area contributed by atoms with Crippen molar-refractivity contribution >= 4 is 11.9 Å². The first-order valence-electron chi connectivity index (χ1n) is 10.2. The SMILES string of the molecule is CC(C)CO[C@@H]1C[C@H](OC(=O)c2ccccc2)[C@@H](OC(=O)c2ccccc2)[C@@H](C)O1. The summed E-state index contributed by atoms with van der Waals surface area (Å²) < 4.78 is 23.2. The van der Waals surface area contributed by atoms with Crippen molar-refractivity contribution in [2.45, 2.75) is 51.8 Å². The number of carbonyl (C=O) groups excluding carboxylic acids is 2. The van der Waals surface area contributed by atoms with Gasteiger partial charge in [0.1, 0.15) is 6.10 Å². The highest BCUT2D eigenvalue weighted by Gasteiger charge is 2.42. The van der Waals surface area contributed by atoms with Crippen LogP contribution in [0.15, 0.2) is 60.7 Å². The summed E-state index contributed by atoms with van der Waals surface area (Å²) in [6.07, 6.45) is -2.20. The molecule has 1 aliphatic rings. The maximum atomic E-state index is 12.6. The van der Waals surface area contributed by atoms with E-state index in [1.165, 1.54) is 0 Å². The Labute approximate surface area is 177 Å². The fraction of sp³-hybridized carbons (Fsp3) is 0.417. The van der Waals surface area contributed by atoms with Gasteiger partial charge < -0.3 is 18.9 Å². The summed E-state index contributed by atoms with van der Waals surface area (Å²) >= 11 is 0. The molecule has 0 spiro atoms. The number of benzene rings is 2. The lowest BCUT2D eigenvalue weighted by Crippen LogP contribution is -2.51. The van der Waals surface area contributed by atoms with Crippen LogP contribution in [0.3, 0.4) is 0 Å². The van der Waals surface area contributed by atoms with E-state index in [9.17, 15) is 9.59 Å². The molecule has 6 heteroatoms. The fourth-order valence-electron chi connectivity index (χ4n) is 3.24. The Morgan fingerprint density at radius 3 is 2.00 bits per heavy atom. The Bertz CT molecular complexity index is 820. The minimum Gasteiger partial charge on any atom is -0.455 e. The molecule has 2 aromatic carbocycles. The Kier molecular flexibility index (Phi) is 7.60. The van der Waals surface area contributed by atoms with E-state index in [2.05, 4.69) is 0 Å². The van der Waals surface area contributed by atoms with Gasteiger partial charge in [-0.2, -0.15) is 0 Å². The highest BCUT2D eigenvalue weighted by Crippen LogP contribution is 2.28. The molecule has 0 radical (unpaired) electrons. The summed E-state index contributed by atoms with van der Waals surface area (Å²) in [4.78, 5) is 25.3. The number of hydrogen-bond donors (Lipinski definition) is 0. The highest BCUT2D eigenvalue weighted by molar-refractivity contribution is 5.90. The van der Waals surface area contributed by atoms with Crippen LogP contribution in [0.1, 0.15) is 47.9 Å². The number of ether oxygens (including phenoxy) is 4. The Morgan fingerprint density at radius 2 is 1.47 bits per heavy atom. The van der Waals surface area contributed by atoms with Crippen molar-refractivity contribution in [2.24, 2.45) is 5.92 Å². The van der Waals surface area contributed by atoms with Crippen molar-refractivity contribution in [1.29, 1.82) is 0 Å². The van der Waals surface area contributed by atoms with E-state index in [0.29, 0.717) is 23.7 Å². The van der Waals surface area contributed by atoms with E-state index < -0.39 is 36.5 Å². The average molecular weight is 412 g/mol. The van der Waals surface area contributed by atoms with Gasteiger partial charge in [-0.3, -0.25) is 0 Å². The van der Waals surface area contributed by atoms with Gasteiger partial charge in [0.05, 0.1) is 23.8 Å². The van der Waals surface area contributed by atoms with Crippen LogP contribution >= 0.6 is 0 Å². The first kappa shape index (κ1) is 22.0. The van der Waals surface area contributed by atoms with Crippen molar-refractivity contribution < 1.29 is 28.5 Å². The molecule has 160 valence electrons. The van der Waals surface area contributed by atoms with Gasteiger partial charge in [-0.15, -0.1) is 0 Å². The second-order valence-corrected chi connectivity index (χ2v) is 7.78. The zero-order valence-corrected chi connectivity index (χ0v) is 17.5. The third-order valence-electron chi connectivity index (χ3n) is 4.76. The largest absolute Gasteiger partial charge is 0.455 e. The Hall–Kier alpha value is -2.70. The Morgan fingerprint density at radius 1 is 0.933 bits per heavy atom. The van der Waals surface area contributed by atoms with Crippen molar-refractivity contribution in [3.05, 3.63) is 71.8 Å². The van der Waals surface area contributed by atoms with Crippen molar-refractivity contribution in [3.8, 4) is 0 Å². The molecular formula is C24H28O6. The van der Waals surface area contributed by atoms with E-state index in [1.807, 2.05) is 26.0 Å². The quantitative estimate of drug-likeness (QED) is 0.634. The summed E-state index contributed by atoms with van der Waals surface area (Å²) in [7, 11) is 0. The summed E-state index contributed by atoms with van der Waals surface area (Å²) in [6, 6.07) is 17.4. The molecule has 1 fully saturated rings. The number of hydrogen-bond acceptors (Lipinski definition) is 6. The standard InChI is InChI=1S/C24H28O6/c1-16(2)15-27-21-14-20(29-23(25)18-10-6-4-7-11-18)22(17(3)28-21)30-24(26)19-12-8-5-9-13-19/h4-13,16-17,20-22H,14-15H2,1-3H3/t17-,20+,21+,22+/m1/s1. The van der Waals surface area contributed by atoms with Gasteiger partial charge in [0, 0.05) is 6.42 Å². The molecule has 0 saturated carbocycles. The summed E-state index contributed by atoms with van der Waals surface area (Å²) in [5.41, 5.74) is 0.862. The van der Waals surface area contributed by atoms with Gasteiger partial charge in [-0.05, 0) is 37.1 Å². The topological polar surface area (TPSA) is 71.1 Å². The van der Waals surface area contributed by atoms with Crippen LogP contribution in [0.4, 0.5) is 0 Å². The van der Waals surface area contributed by atoms with E-state index in [-0.39, 0.29) is 6.42 Å². The smallest absolute Gasteiger partial charge is 0.338 e. The lowest BCUT2D eigenvalue weighted by Gasteiger charge is -2.39. The lowest BCUT2D eigenvalue weighted by atomic mass is 10.0. The third-order valence-corrected chi connectivity index (χ3v) is 4.76. The maximum absolute atomic E-state index is 12.6. The zero-order chi connectivity index (χ0) is 21.5. The van der Waals surface area contributed by atoms with Crippen LogP contribution in [-0.4, -0.2) is 43.1 Å². The molecule has 4 atom stereocenters. The number of carbonyl (C=O) groups is 2. The molecule has 1 aliphatic heterocycles. The van der Waals surface area contributed by atoms with E-state index in [0.717, 1.165) is 0 Å². The molecule has 1 saturated heterocycles.